The van der Waals surface area contributed by atoms with Gasteiger partial charge in [-0.1, -0.05) is 544 Å². The minimum atomic E-state index is 0. The van der Waals surface area contributed by atoms with Crippen LogP contribution in [0.5, 0.6) is 0 Å². The van der Waals surface area contributed by atoms with E-state index in [1.54, 1.807) is 0 Å². The summed E-state index contributed by atoms with van der Waals surface area (Å²) in [6.45, 7) is 81.4. The first-order chi connectivity index (χ1) is 23.7. The van der Waals surface area contributed by atoms with Crippen LogP contribution >= 0.6 is 0 Å². The van der Waals surface area contributed by atoms with Gasteiger partial charge in [-0.25, -0.2) is 0 Å². The van der Waals surface area contributed by atoms with Gasteiger partial charge in [0.25, 0.3) is 0 Å². The Labute approximate surface area is 541 Å². The summed E-state index contributed by atoms with van der Waals surface area (Å²) >= 11 is 0. The lowest BCUT2D eigenvalue weighted by molar-refractivity contribution is 0.886. The zero-order valence-corrected chi connectivity index (χ0v) is 45.7. The third-order valence-electron chi connectivity index (χ3n) is 2.00. The van der Waals surface area contributed by atoms with Gasteiger partial charge in [0.2, 0.25) is 0 Å². The Morgan fingerprint density at radius 3 is 0.0909 bits per heavy atom. The molecule has 0 fully saturated rings. The second-order valence-corrected chi connectivity index (χ2v) is 4.00. The predicted octanol–water partition coefficient (Wildman–Crippen LogP) is 42.1. The van der Waals surface area contributed by atoms with Crippen LogP contribution in [-0.4, -0.2) is 0 Å². The van der Waals surface area contributed by atoms with Gasteiger partial charge in [0.15, 0.2) is 0 Å². The molecule has 0 heteroatoms. The Bertz CT molecular complexity index is 24.0. The van der Waals surface area contributed by atoms with Crippen LogP contribution in [0.3, 0.4) is 0 Å². The monoisotopic (exact) mass is 1180 g/mol. The molecular formula is C77H252. The third kappa shape index (κ3) is 26000. The third-order valence-corrected chi connectivity index (χ3v) is 2.00. The van der Waals surface area contributed by atoms with E-state index < -0.39 is 0 Å². The van der Waals surface area contributed by atoms with Crippen molar-refractivity contribution in [1.82, 2.24) is 0 Å². The Hall–Kier alpha value is 0. The number of unbranched alkanes of at least 4 members (excludes halogenated alkanes) is 4. The molecule has 77 heavy (non-hydrogen) atoms. The van der Waals surface area contributed by atoms with E-state index in [0.717, 1.165) is 0 Å². The highest BCUT2D eigenvalue weighted by atomic mass is 13.6. The fourth-order valence-electron chi connectivity index (χ4n) is 0. The summed E-state index contributed by atoms with van der Waals surface area (Å²) in [5, 5.41) is 0. The molecule has 0 atom stereocenters. The Morgan fingerprint density at radius 2 is 0.0909 bits per heavy atom. The van der Waals surface area contributed by atoms with Crippen LogP contribution in [0.25, 0.3) is 0 Å². The molecule has 0 aliphatic rings. The van der Waals surface area contributed by atoms with Gasteiger partial charge in [0.1, 0.15) is 0 Å². The summed E-state index contributed by atoms with van der Waals surface area (Å²) in [5.74, 6) is 0. The highest BCUT2D eigenvalue weighted by Gasteiger charge is 1.57. The first-order valence-corrected chi connectivity index (χ1v) is 23.7. The minimum absolute atomic E-state index is 0. The first-order valence-electron chi connectivity index (χ1n) is 23.7. The van der Waals surface area contributed by atoms with Crippen LogP contribution in [-0.2, 0) is 0 Å². The number of hydrogen-bond donors (Lipinski definition) is 0. The minimum Gasteiger partial charge on any atom is -0.0776 e. The highest BCUT2D eigenvalue weighted by Crippen LogP contribution is 1.78. The summed E-state index contributed by atoms with van der Waals surface area (Å²) in [5.41, 5.74) is 0. The Kier molecular flexibility index (Phi) is 49200. The van der Waals surface area contributed by atoms with Crippen molar-refractivity contribution >= 4 is 0 Å². The summed E-state index contributed by atoms with van der Waals surface area (Å²) < 4.78 is 0. The normalized spacial score (nSPS) is 2.81. The van der Waals surface area contributed by atoms with Crippen LogP contribution in [0.2, 0.25) is 0 Å². The molecule has 0 aromatic carbocycles. The molecular weight excluding hydrogens is 925 g/mol. The Morgan fingerprint density at radius 1 is 0.0779 bits per heavy atom. The summed E-state index contributed by atoms with van der Waals surface area (Å²) in [6, 6.07) is 0. The molecule has 560 valence electrons. The molecule has 0 unspecified atom stereocenters. The number of hydrogen-bond acceptors (Lipinski definition) is 0. The van der Waals surface area contributed by atoms with Gasteiger partial charge in [0.05, 0.1) is 0 Å². The molecule has 0 saturated heterocycles. The van der Waals surface area contributed by atoms with E-state index in [1.807, 2.05) is 222 Å². The molecule has 0 aliphatic carbocycles. The van der Waals surface area contributed by atoms with Gasteiger partial charge < -0.3 is 0 Å². The molecule has 0 N–H and O–H groups in total. The second-order valence-electron chi connectivity index (χ2n) is 4.00. The van der Waals surface area contributed by atoms with Crippen LogP contribution in [0.1, 0.15) is 544 Å². The van der Waals surface area contributed by atoms with Crippen LogP contribution in [0, 0.1) is 0 Å². The molecule has 0 nitrogen and oxygen atoms in total. The van der Waals surface area contributed by atoms with E-state index in [1.165, 1.54) is 51.4 Å². The van der Waals surface area contributed by atoms with Crippen LogP contribution < -0.4 is 0 Å². The maximum absolute atomic E-state index is 2.18. The van der Waals surface area contributed by atoms with E-state index in [9.17, 15) is 0 Å². The maximum atomic E-state index is 2.18. The van der Waals surface area contributed by atoms with E-state index in [2.05, 4.69) is 55.4 Å². The smallest absolute Gasteiger partial charge is 0.0564 e. The van der Waals surface area contributed by atoms with Gasteiger partial charge in [-0.2, -0.15) is 0 Å². The van der Waals surface area contributed by atoms with Gasteiger partial charge in [-0.3, -0.25) is 0 Å². The summed E-state index contributed by atoms with van der Waals surface area (Å²) in [7, 11) is 0. The molecule has 0 aromatic heterocycles. The van der Waals surface area contributed by atoms with Gasteiger partial charge >= 0.3 is 0 Å². The lowest BCUT2D eigenvalue weighted by Gasteiger charge is -1.68. The molecule has 0 spiro atoms. The quantitative estimate of drug-likeness (QED) is 0.263. The van der Waals surface area contributed by atoms with Crippen molar-refractivity contribution < 1.29 is 0 Å². The number of rotatable bonds is 4. The van der Waals surface area contributed by atoms with Crippen molar-refractivity contribution in [2.24, 2.45) is 0 Å². The maximum Gasteiger partial charge on any atom is -0.0564 e. The first kappa shape index (κ1) is 567. The summed E-state index contributed by atoms with van der Waals surface area (Å²) in [4.78, 5) is 0. The largest absolute Gasteiger partial charge is 0.0776 e. The molecule has 0 aliphatic heterocycles. The van der Waals surface area contributed by atoms with Crippen molar-refractivity contribution in [3.05, 3.63) is 0 Å². The highest BCUT2D eigenvalue weighted by molar-refractivity contribution is 4.13. The zero-order chi connectivity index (χ0) is 45.7. The van der Waals surface area contributed by atoms with Gasteiger partial charge in [-0.05, 0) is 0 Å². The van der Waals surface area contributed by atoms with E-state index in [4.69, 9.17) is 0 Å². The van der Waals surface area contributed by atoms with Crippen molar-refractivity contribution in [3.8, 4) is 0 Å². The van der Waals surface area contributed by atoms with Crippen molar-refractivity contribution in [2.75, 3.05) is 0 Å². The molecule has 0 aromatic rings. The second kappa shape index (κ2) is 6680. The molecule has 0 saturated carbocycles. The fraction of sp³-hybridized carbons (Fsp3) is 1.00. The predicted molar refractivity (Wildman–Crippen MR) is 459 cm³/mol. The molecule has 0 bridgehead atoms. The van der Waals surface area contributed by atoms with Crippen LogP contribution in [0.4, 0.5) is 0 Å². The van der Waals surface area contributed by atoms with E-state index in [-0.39, 0.29) is 215 Å². The van der Waals surface area contributed by atoms with Crippen molar-refractivity contribution in [3.63, 3.8) is 0 Å². The topological polar surface area (TPSA) is 0 Å². The standard InChI is InChI=1S/4C4H10.16C2H6.29CH4/c4*1-3-4-2;16*1-2;;;;;;;;;;;;;;;;;;;;;;;;;;;;;/h4*3-4H2,1-2H3;16*1-2H3;29*1H4. The van der Waals surface area contributed by atoms with Crippen molar-refractivity contribution in [1.29, 1.82) is 0 Å². The lowest BCUT2D eigenvalue weighted by Crippen LogP contribution is -1.47. The lowest BCUT2D eigenvalue weighted by atomic mass is 10.4. The average Bonchev–Trinajstić information content (AvgIpc) is 3.29. The van der Waals surface area contributed by atoms with Crippen molar-refractivity contribution in [2.45, 2.75) is 544 Å². The molecule has 0 amide bonds. The molecule has 0 heterocycles. The SMILES string of the molecule is C.C.C.C.C.C.C.C.C.C.C.C.C.C.C.C.C.C.C.C.C.C.C.C.C.C.C.C.C.CC.CC.CC.CC.CC.CC.CC.CC.CC.CC.CC.CC.CC.CC.CC.CC.CCCC.CCCC.CCCC.CCCC. The fourth-order valence-corrected chi connectivity index (χ4v) is 0. The van der Waals surface area contributed by atoms with E-state index >= 15 is 0 Å². The Balaban J connectivity index is -0.00000000225. The van der Waals surface area contributed by atoms with Gasteiger partial charge in [-0.15, -0.1) is 0 Å². The van der Waals surface area contributed by atoms with E-state index in [0.29, 0.717) is 0 Å². The zero-order valence-electron chi connectivity index (χ0n) is 45.7. The molecule has 0 rings (SSSR count). The summed E-state index contributed by atoms with van der Waals surface area (Å²) in [6.07, 6.45) is 10.6. The average molecular weight is 1180 g/mol. The van der Waals surface area contributed by atoms with Crippen LogP contribution in [0.15, 0.2) is 0 Å². The van der Waals surface area contributed by atoms with Gasteiger partial charge in [0, 0.05) is 0 Å². The molecule has 0 radical (unpaired) electrons.